The molecule has 2 heterocycles. The molecule has 0 saturated heterocycles. The van der Waals surface area contributed by atoms with Gasteiger partial charge in [0.05, 0.1) is 10.9 Å². The Morgan fingerprint density at radius 1 is 1.27 bits per heavy atom. The normalized spacial score (nSPS) is 12.1. The summed E-state index contributed by atoms with van der Waals surface area (Å²) in [6.07, 6.45) is -4.37. The van der Waals surface area contributed by atoms with Crippen molar-refractivity contribution in [3.63, 3.8) is 0 Å². The Hall–Kier alpha value is -1.80. The molecule has 0 aliphatic rings. The molecule has 138 valence electrons. The molecule has 3 rings (SSSR count). The lowest BCUT2D eigenvalue weighted by Crippen LogP contribution is -2.22. The Bertz CT molecular complexity index is 1020. The summed E-state index contributed by atoms with van der Waals surface area (Å²) in [7, 11) is 0. The highest BCUT2D eigenvalue weighted by Gasteiger charge is 2.30. The van der Waals surface area contributed by atoms with Crippen molar-refractivity contribution in [2.24, 2.45) is 0 Å². The Morgan fingerprint density at radius 2 is 2.00 bits per heavy atom. The van der Waals surface area contributed by atoms with E-state index >= 15 is 0 Å². The maximum Gasteiger partial charge on any atom is 0.416 e. The lowest BCUT2D eigenvalue weighted by atomic mass is 10.1. The van der Waals surface area contributed by atoms with Crippen LogP contribution in [0.3, 0.4) is 0 Å². The molecular weight excluding hydrogens is 381 g/mol. The van der Waals surface area contributed by atoms with Crippen molar-refractivity contribution in [2.45, 2.75) is 44.4 Å². The van der Waals surface area contributed by atoms with Gasteiger partial charge in [0.1, 0.15) is 4.83 Å². The predicted octanol–water partition coefficient (Wildman–Crippen LogP) is 5.41. The second-order valence-corrected chi connectivity index (χ2v) is 8.04. The first-order valence-electron chi connectivity index (χ1n) is 8.01. The largest absolute Gasteiger partial charge is 0.416 e. The zero-order valence-corrected chi connectivity index (χ0v) is 16.1. The summed E-state index contributed by atoms with van der Waals surface area (Å²) in [5, 5.41) is 1.17. The number of aryl methyl sites for hydroxylation is 2. The molecule has 26 heavy (non-hydrogen) atoms. The fourth-order valence-corrected chi connectivity index (χ4v) is 4.76. The van der Waals surface area contributed by atoms with Gasteiger partial charge < -0.3 is 0 Å². The van der Waals surface area contributed by atoms with Crippen molar-refractivity contribution in [1.29, 1.82) is 0 Å². The number of thiophene rings is 1. The molecule has 0 saturated carbocycles. The van der Waals surface area contributed by atoms with Crippen LogP contribution in [0.2, 0.25) is 0 Å². The molecule has 3 nitrogen and oxygen atoms in total. The van der Waals surface area contributed by atoms with Gasteiger partial charge in [-0.05, 0) is 38.0 Å². The number of fused-ring (bicyclic) bond motifs is 1. The average Bonchev–Trinajstić information content (AvgIpc) is 2.87. The van der Waals surface area contributed by atoms with Gasteiger partial charge in [0.2, 0.25) is 0 Å². The molecule has 0 N–H and O–H groups in total. The predicted molar refractivity (Wildman–Crippen MR) is 100 cm³/mol. The van der Waals surface area contributed by atoms with Crippen LogP contribution < -0.4 is 5.56 Å². The summed E-state index contributed by atoms with van der Waals surface area (Å²) in [5.41, 5.74) is 0.724. The molecule has 0 bridgehead atoms. The number of aromatic nitrogens is 2. The lowest BCUT2D eigenvalue weighted by molar-refractivity contribution is -0.137. The minimum Gasteiger partial charge on any atom is -0.287 e. The van der Waals surface area contributed by atoms with Gasteiger partial charge in [0.15, 0.2) is 5.16 Å². The van der Waals surface area contributed by atoms with Crippen LogP contribution in [0.1, 0.15) is 28.5 Å². The Labute approximate surface area is 156 Å². The Morgan fingerprint density at radius 3 is 2.65 bits per heavy atom. The Kier molecular flexibility index (Phi) is 5.16. The number of alkyl halides is 3. The van der Waals surface area contributed by atoms with Crippen molar-refractivity contribution in [1.82, 2.24) is 9.55 Å². The molecule has 0 aliphatic heterocycles. The standard InChI is InChI=1S/C18H17F3N2OS2/c1-4-23-16(24)14-10(2)11(3)26-15(14)22-17(23)25-9-12-6-5-7-13(8-12)18(19,20)21/h5-8H,4,9H2,1-3H3. The first kappa shape index (κ1) is 19.0. The highest BCUT2D eigenvalue weighted by Crippen LogP contribution is 2.32. The van der Waals surface area contributed by atoms with Crippen LogP contribution in [0, 0.1) is 13.8 Å². The number of hydrogen-bond acceptors (Lipinski definition) is 4. The quantitative estimate of drug-likeness (QED) is 0.436. The van der Waals surface area contributed by atoms with E-state index < -0.39 is 11.7 Å². The highest BCUT2D eigenvalue weighted by molar-refractivity contribution is 7.98. The van der Waals surface area contributed by atoms with E-state index in [-0.39, 0.29) is 5.56 Å². The number of halogens is 3. The van der Waals surface area contributed by atoms with Gasteiger partial charge in [-0.3, -0.25) is 9.36 Å². The first-order valence-corrected chi connectivity index (χ1v) is 9.82. The van der Waals surface area contributed by atoms with Crippen molar-refractivity contribution < 1.29 is 13.2 Å². The molecule has 0 atom stereocenters. The lowest BCUT2D eigenvalue weighted by Gasteiger charge is -2.11. The Balaban J connectivity index is 1.96. The van der Waals surface area contributed by atoms with E-state index in [1.54, 1.807) is 10.6 Å². The van der Waals surface area contributed by atoms with Gasteiger partial charge in [0.25, 0.3) is 5.56 Å². The zero-order chi connectivity index (χ0) is 19.1. The SMILES string of the molecule is CCn1c(SCc2cccc(C(F)(F)F)c2)nc2sc(C)c(C)c2c1=O. The summed E-state index contributed by atoms with van der Waals surface area (Å²) in [5.74, 6) is 0.311. The van der Waals surface area contributed by atoms with Crippen molar-refractivity contribution >= 4 is 33.3 Å². The van der Waals surface area contributed by atoms with Crippen LogP contribution in [0.5, 0.6) is 0 Å². The van der Waals surface area contributed by atoms with Crippen LogP contribution in [0.4, 0.5) is 13.2 Å². The van der Waals surface area contributed by atoms with Crippen LogP contribution in [0.25, 0.3) is 10.2 Å². The molecule has 0 amide bonds. The fourth-order valence-electron chi connectivity index (χ4n) is 2.68. The van der Waals surface area contributed by atoms with Crippen LogP contribution in [-0.4, -0.2) is 9.55 Å². The van der Waals surface area contributed by atoms with E-state index in [1.165, 1.54) is 29.2 Å². The maximum absolute atomic E-state index is 12.9. The number of hydrogen-bond donors (Lipinski definition) is 0. The molecule has 0 aliphatic carbocycles. The summed E-state index contributed by atoms with van der Waals surface area (Å²) in [4.78, 5) is 19.1. The maximum atomic E-state index is 12.9. The third kappa shape index (κ3) is 3.53. The topological polar surface area (TPSA) is 34.9 Å². The molecule has 0 spiro atoms. The molecule has 0 fully saturated rings. The molecule has 2 aromatic heterocycles. The van der Waals surface area contributed by atoms with Crippen LogP contribution in [-0.2, 0) is 18.5 Å². The first-order chi connectivity index (χ1) is 12.2. The van der Waals surface area contributed by atoms with Gasteiger partial charge in [-0.1, -0.05) is 30.0 Å². The van der Waals surface area contributed by atoms with Gasteiger partial charge in [0, 0.05) is 17.2 Å². The fraction of sp³-hybridized carbons (Fsp3) is 0.333. The van der Waals surface area contributed by atoms with Crippen LogP contribution in [0.15, 0.2) is 34.2 Å². The number of benzene rings is 1. The summed E-state index contributed by atoms with van der Waals surface area (Å²) in [6.45, 7) is 6.18. The summed E-state index contributed by atoms with van der Waals surface area (Å²) < 4.78 is 40.1. The van der Waals surface area contributed by atoms with E-state index in [9.17, 15) is 18.0 Å². The van der Waals surface area contributed by atoms with E-state index in [0.717, 1.165) is 22.6 Å². The van der Waals surface area contributed by atoms with Crippen molar-refractivity contribution in [3.05, 3.63) is 56.2 Å². The molecular formula is C18H17F3N2OS2. The molecule has 8 heteroatoms. The molecule has 1 aromatic carbocycles. The molecule has 3 aromatic rings. The monoisotopic (exact) mass is 398 g/mol. The van der Waals surface area contributed by atoms with E-state index in [0.29, 0.717) is 33.2 Å². The van der Waals surface area contributed by atoms with Gasteiger partial charge >= 0.3 is 6.18 Å². The zero-order valence-electron chi connectivity index (χ0n) is 14.5. The van der Waals surface area contributed by atoms with E-state index in [4.69, 9.17) is 0 Å². The van der Waals surface area contributed by atoms with Crippen LogP contribution >= 0.6 is 23.1 Å². The third-order valence-electron chi connectivity index (χ3n) is 4.19. The second-order valence-electron chi connectivity index (χ2n) is 5.89. The van der Waals surface area contributed by atoms with Gasteiger partial charge in [-0.2, -0.15) is 13.2 Å². The minimum absolute atomic E-state index is 0.0918. The molecule has 0 unspecified atom stereocenters. The van der Waals surface area contributed by atoms with Crippen molar-refractivity contribution in [2.75, 3.05) is 0 Å². The smallest absolute Gasteiger partial charge is 0.287 e. The highest BCUT2D eigenvalue weighted by atomic mass is 32.2. The van der Waals surface area contributed by atoms with E-state index in [2.05, 4.69) is 4.98 Å². The molecule has 0 radical (unpaired) electrons. The minimum atomic E-state index is -4.37. The number of rotatable bonds is 4. The number of thioether (sulfide) groups is 1. The van der Waals surface area contributed by atoms with Gasteiger partial charge in [-0.15, -0.1) is 11.3 Å². The van der Waals surface area contributed by atoms with E-state index in [1.807, 2.05) is 20.8 Å². The average molecular weight is 398 g/mol. The summed E-state index contributed by atoms with van der Waals surface area (Å²) >= 11 is 2.75. The van der Waals surface area contributed by atoms with Gasteiger partial charge in [-0.25, -0.2) is 4.98 Å². The van der Waals surface area contributed by atoms with Crippen molar-refractivity contribution in [3.8, 4) is 0 Å². The number of nitrogens with zero attached hydrogens (tertiary/aromatic N) is 2. The second kappa shape index (κ2) is 7.08. The third-order valence-corrected chi connectivity index (χ3v) is 6.34. The summed E-state index contributed by atoms with van der Waals surface area (Å²) in [6, 6.07) is 5.24.